The molecule has 0 aliphatic carbocycles. The normalized spacial score (nSPS) is 10.9. The average Bonchev–Trinajstić information content (AvgIpc) is 2.91. The lowest BCUT2D eigenvalue weighted by Crippen LogP contribution is -2.03. The Hall–Kier alpha value is -2.66. The van der Waals surface area contributed by atoms with Gasteiger partial charge in [-0.2, -0.15) is 0 Å². The van der Waals surface area contributed by atoms with E-state index in [0.29, 0.717) is 13.1 Å². The van der Waals surface area contributed by atoms with E-state index in [0.717, 1.165) is 22.0 Å². The predicted molar refractivity (Wildman–Crippen MR) is 82.0 cm³/mol. The third-order valence-electron chi connectivity index (χ3n) is 3.57. The Bertz CT molecular complexity index is 808. The monoisotopic (exact) mass is 281 g/mol. The molecule has 1 heterocycles. The minimum absolute atomic E-state index is 0.114. The van der Waals surface area contributed by atoms with Crippen LogP contribution in [0.4, 0.5) is 5.69 Å². The van der Waals surface area contributed by atoms with E-state index in [-0.39, 0.29) is 10.6 Å². The molecular formula is C16H15N3O2. The van der Waals surface area contributed by atoms with Crippen LogP contribution in [0.5, 0.6) is 0 Å². The van der Waals surface area contributed by atoms with Gasteiger partial charge in [-0.25, -0.2) is 0 Å². The first-order valence-corrected chi connectivity index (χ1v) is 6.69. The number of nitrogens with two attached hydrogens (primary N) is 1. The summed E-state index contributed by atoms with van der Waals surface area (Å²) in [5.74, 6) is 0. The largest absolute Gasteiger partial charge is 0.343 e. The number of non-ortho nitro benzene ring substituents is 1. The van der Waals surface area contributed by atoms with Gasteiger partial charge in [-0.15, -0.1) is 0 Å². The molecule has 3 rings (SSSR count). The molecule has 0 spiro atoms. The summed E-state index contributed by atoms with van der Waals surface area (Å²) < 4.78 is 2.08. The maximum atomic E-state index is 10.9. The standard InChI is InChI=1S/C16H15N3O2/c17-10-14-5-2-4-13-7-8-18(16(13)14)11-12-3-1-6-15(9-12)19(20)21/h1-9H,10-11,17H2. The van der Waals surface area contributed by atoms with Crippen molar-refractivity contribution in [1.82, 2.24) is 4.57 Å². The molecule has 0 saturated carbocycles. The van der Waals surface area contributed by atoms with E-state index >= 15 is 0 Å². The van der Waals surface area contributed by atoms with Gasteiger partial charge >= 0.3 is 0 Å². The lowest BCUT2D eigenvalue weighted by atomic mass is 10.1. The Morgan fingerprint density at radius 1 is 1.14 bits per heavy atom. The second-order valence-electron chi connectivity index (χ2n) is 4.93. The van der Waals surface area contributed by atoms with Gasteiger partial charge in [0.1, 0.15) is 0 Å². The van der Waals surface area contributed by atoms with Gasteiger partial charge < -0.3 is 10.3 Å². The number of nitro benzene ring substituents is 1. The second kappa shape index (κ2) is 5.38. The number of hydrogen-bond acceptors (Lipinski definition) is 3. The molecule has 3 aromatic rings. The van der Waals surface area contributed by atoms with E-state index in [1.165, 1.54) is 6.07 Å². The molecule has 1 aromatic heterocycles. The van der Waals surface area contributed by atoms with E-state index in [1.807, 2.05) is 36.5 Å². The quantitative estimate of drug-likeness (QED) is 0.590. The number of fused-ring (bicyclic) bond motifs is 1. The summed E-state index contributed by atoms with van der Waals surface area (Å²) in [5, 5.41) is 12.0. The first-order chi connectivity index (χ1) is 10.2. The van der Waals surface area contributed by atoms with Crippen molar-refractivity contribution in [3.63, 3.8) is 0 Å². The van der Waals surface area contributed by atoms with Gasteiger partial charge in [-0.1, -0.05) is 30.3 Å². The first kappa shape index (κ1) is 13.3. The molecule has 106 valence electrons. The van der Waals surface area contributed by atoms with Gasteiger partial charge in [-0.3, -0.25) is 10.1 Å². The van der Waals surface area contributed by atoms with Crippen LogP contribution in [0.1, 0.15) is 11.1 Å². The SMILES string of the molecule is NCc1cccc2ccn(Cc3cccc([N+](=O)[O-])c3)c12. The van der Waals surface area contributed by atoms with Crippen LogP contribution in [0, 0.1) is 10.1 Å². The summed E-state index contributed by atoms with van der Waals surface area (Å²) in [6.45, 7) is 1.05. The van der Waals surface area contributed by atoms with Crippen LogP contribution in [0.2, 0.25) is 0 Å². The Labute approximate surface area is 121 Å². The fourth-order valence-corrected chi connectivity index (χ4v) is 2.60. The van der Waals surface area contributed by atoms with Crippen LogP contribution >= 0.6 is 0 Å². The zero-order valence-electron chi connectivity index (χ0n) is 11.4. The zero-order chi connectivity index (χ0) is 14.8. The Morgan fingerprint density at radius 2 is 1.95 bits per heavy atom. The summed E-state index contributed by atoms with van der Waals surface area (Å²) in [5.41, 5.74) is 8.97. The molecule has 0 radical (unpaired) electrons. The van der Waals surface area contributed by atoms with Gasteiger partial charge in [-0.05, 0) is 22.6 Å². The van der Waals surface area contributed by atoms with Crippen molar-refractivity contribution >= 4 is 16.6 Å². The molecule has 0 amide bonds. The van der Waals surface area contributed by atoms with Crippen molar-refractivity contribution in [1.29, 1.82) is 0 Å². The van der Waals surface area contributed by atoms with Crippen molar-refractivity contribution in [2.75, 3.05) is 0 Å². The second-order valence-corrected chi connectivity index (χ2v) is 4.93. The Morgan fingerprint density at radius 3 is 2.71 bits per heavy atom. The van der Waals surface area contributed by atoms with Crippen molar-refractivity contribution in [2.24, 2.45) is 5.73 Å². The Kier molecular flexibility index (Phi) is 3.41. The highest BCUT2D eigenvalue weighted by molar-refractivity contribution is 5.83. The van der Waals surface area contributed by atoms with Crippen LogP contribution in [-0.2, 0) is 13.1 Å². The lowest BCUT2D eigenvalue weighted by molar-refractivity contribution is -0.384. The van der Waals surface area contributed by atoms with Gasteiger partial charge in [0.2, 0.25) is 0 Å². The van der Waals surface area contributed by atoms with Crippen molar-refractivity contribution in [2.45, 2.75) is 13.1 Å². The number of benzene rings is 2. The average molecular weight is 281 g/mol. The van der Waals surface area contributed by atoms with Crippen molar-refractivity contribution < 1.29 is 4.92 Å². The number of para-hydroxylation sites is 1. The molecule has 5 nitrogen and oxygen atoms in total. The highest BCUT2D eigenvalue weighted by atomic mass is 16.6. The fraction of sp³-hybridized carbons (Fsp3) is 0.125. The molecule has 2 aromatic carbocycles. The van der Waals surface area contributed by atoms with Gasteiger partial charge in [0.05, 0.1) is 10.4 Å². The summed E-state index contributed by atoms with van der Waals surface area (Å²) >= 11 is 0. The third-order valence-corrected chi connectivity index (χ3v) is 3.57. The summed E-state index contributed by atoms with van der Waals surface area (Å²) in [6, 6.07) is 14.8. The molecule has 0 saturated heterocycles. The molecule has 0 fully saturated rings. The van der Waals surface area contributed by atoms with Crippen LogP contribution in [0.25, 0.3) is 10.9 Å². The molecule has 0 bridgehead atoms. The summed E-state index contributed by atoms with van der Waals surface area (Å²) in [7, 11) is 0. The molecule has 0 unspecified atom stereocenters. The van der Waals surface area contributed by atoms with E-state index in [1.54, 1.807) is 12.1 Å². The molecular weight excluding hydrogens is 266 g/mol. The topological polar surface area (TPSA) is 74.1 Å². The molecule has 5 heteroatoms. The maximum absolute atomic E-state index is 10.9. The summed E-state index contributed by atoms with van der Waals surface area (Å²) in [4.78, 5) is 10.5. The molecule has 0 aliphatic heterocycles. The Balaban J connectivity index is 2.02. The smallest absolute Gasteiger partial charge is 0.269 e. The number of nitro groups is 1. The van der Waals surface area contributed by atoms with Crippen LogP contribution in [-0.4, -0.2) is 9.49 Å². The van der Waals surface area contributed by atoms with E-state index in [9.17, 15) is 10.1 Å². The maximum Gasteiger partial charge on any atom is 0.269 e. The molecule has 0 aliphatic rings. The first-order valence-electron chi connectivity index (χ1n) is 6.69. The minimum Gasteiger partial charge on any atom is -0.343 e. The third kappa shape index (κ3) is 2.51. The van der Waals surface area contributed by atoms with Crippen LogP contribution in [0.3, 0.4) is 0 Å². The predicted octanol–water partition coefficient (Wildman–Crippen LogP) is 3.06. The van der Waals surface area contributed by atoms with Crippen molar-refractivity contribution in [3.05, 3.63) is 76.0 Å². The number of aromatic nitrogens is 1. The van der Waals surface area contributed by atoms with Crippen molar-refractivity contribution in [3.8, 4) is 0 Å². The van der Waals surface area contributed by atoms with E-state index < -0.39 is 0 Å². The van der Waals surface area contributed by atoms with Crippen LogP contribution in [0.15, 0.2) is 54.7 Å². The molecule has 21 heavy (non-hydrogen) atoms. The van der Waals surface area contributed by atoms with Gasteiger partial charge in [0, 0.05) is 31.4 Å². The highest BCUT2D eigenvalue weighted by Gasteiger charge is 2.09. The zero-order valence-corrected chi connectivity index (χ0v) is 11.4. The number of hydrogen-bond donors (Lipinski definition) is 1. The highest BCUT2D eigenvalue weighted by Crippen LogP contribution is 2.22. The van der Waals surface area contributed by atoms with Gasteiger partial charge in [0.15, 0.2) is 0 Å². The number of nitrogens with zero attached hydrogens (tertiary/aromatic N) is 2. The van der Waals surface area contributed by atoms with E-state index in [2.05, 4.69) is 4.57 Å². The summed E-state index contributed by atoms with van der Waals surface area (Å²) in [6.07, 6.45) is 1.99. The number of rotatable bonds is 4. The molecule has 2 N–H and O–H groups in total. The van der Waals surface area contributed by atoms with Gasteiger partial charge in [0.25, 0.3) is 5.69 Å². The van der Waals surface area contributed by atoms with Crippen LogP contribution < -0.4 is 5.73 Å². The minimum atomic E-state index is -0.372. The fourth-order valence-electron chi connectivity index (χ4n) is 2.60. The molecule has 0 atom stereocenters. The lowest BCUT2D eigenvalue weighted by Gasteiger charge is -2.09. The van der Waals surface area contributed by atoms with E-state index in [4.69, 9.17) is 5.73 Å².